The van der Waals surface area contributed by atoms with Crippen LogP contribution in [0.4, 0.5) is 19.0 Å². The topological polar surface area (TPSA) is 58.3 Å². The van der Waals surface area contributed by atoms with Crippen molar-refractivity contribution in [2.24, 2.45) is 0 Å². The fourth-order valence-corrected chi connectivity index (χ4v) is 3.58. The Morgan fingerprint density at radius 2 is 1.76 bits per heavy atom. The molecule has 0 saturated carbocycles. The number of pyridine rings is 1. The molecule has 0 aliphatic carbocycles. The van der Waals surface area contributed by atoms with Gasteiger partial charge in [0.15, 0.2) is 0 Å². The molecule has 29 heavy (non-hydrogen) atoms. The summed E-state index contributed by atoms with van der Waals surface area (Å²) in [5.41, 5.74) is 0.0987. The molecule has 3 heterocycles. The summed E-state index contributed by atoms with van der Waals surface area (Å²) in [7, 11) is 0. The zero-order chi connectivity index (χ0) is 20.4. The van der Waals surface area contributed by atoms with Crippen LogP contribution in [0.3, 0.4) is 0 Å². The highest BCUT2D eigenvalue weighted by molar-refractivity contribution is 9.10. The lowest BCUT2D eigenvalue weighted by molar-refractivity contribution is -0.137. The van der Waals surface area contributed by atoms with Gasteiger partial charge in [-0.2, -0.15) is 13.2 Å². The molecule has 1 saturated heterocycles. The predicted molar refractivity (Wildman–Crippen MR) is 104 cm³/mol. The van der Waals surface area contributed by atoms with Gasteiger partial charge in [0, 0.05) is 36.8 Å². The van der Waals surface area contributed by atoms with Gasteiger partial charge in [-0.15, -0.1) is 10.2 Å². The minimum absolute atomic E-state index is 0.458. The summed E-state index contributed by atoms with van der Waals surface area (Å²) in [6, 6.07) is 10.1. The van der Waals surface area contributed by atoms with Gasteiger partial charge in [-0.3, -0.25) is 4.90 Å². The Bertz CT molecular complexity index is 968. The maximum absolute atomic E-state index is 12.7. The number of halogens is 4. The first-order valence-corrected chi connectivity index (χ1v) is 9.77. The lowest BCUT2D eigenvalue weighted by atomic mass is 10.2. The van der Waals surface area contributed by atoms with E-state index < -0.39 is 11.7 Å². The maximum Gasteiger partial charge on any atom is 0.417 e. The smallest absolute Gasteiger partial charge is 0.417 e. The quantitative estimate of drug-likeness (QED) is 0.571. The first kappa shape index (κ1) is 19.8. The Morgan fingerprint density at radius 1 is 1.00 bits per heavy atom. The highest BCUT2D eigenvalue weighted by atomic mass is 79.9. The lowest BCUT2D eigenvalue weighted by Crippen LogP contribution is -2.46. The molecule has 1 aliphatic heterocycles. The fourth-order valence-electron chi connectivity index (χ4n) is 3.13. The largest absolute Gasteiger partial charge is 0.419 e. The van der Waals surface area contributed by atoms with Gasteiger partial charge in [0.05, 0.1) is 17.7 Å². The molecule has 2 aromatic heterocycles. The van der Waals surface area contributed by atoms with Gasteiger partial charge in [0.1, 0.15) is 5.82 Å². The van der Waals surface area contributed by atoms with Crippen LogP contribution in [0, 0.1) is 0 Å². The SMILES string of the molecule is FC(F)(F)c1ccc(N2CCN(Cc3nnc(-c4ccccc4Br)o3)CC2)nc1. The molecule has 0 amide bonds. The highest BCUT2D eigenvalue weighted by Crippen LogP contribution is 2.30. The number of alkyl halides is 3. The molecule has 0 radical (unpaired) electrons. The number of hydrogen-bond acceptors (Lipinski definition) is 6. The van der Waals surface area contributed by atoms with Crippen molar-refractivity contribution in [1.82, 2.24) is 20.1 Å². The van der Waals surface area contributed by atoms with Crippen LogP contribution in [0.2, 0.25) is 0 Å². The van der Waals surface area contributed by atoms with Crippen molar-refractivity contribution < 1.29 is 17.6 Å². The Hall–Kier alpha value is -2.46. The van der Waals surface area contributed by atoms with E-state index in [-0.39, 0.29) is 0 Å². The summed E-state index contributed by atoms with van der Waals surface area (Å²) >= 11 is 3.47. The molecule has 0 spiro atoms. The van der Waals surface area contributed by atoms with Crippen molar-refractivity contribution in [3.8, 4) is 11.5 Å². The van der Waals surface area contributed by atoms with Gasteiger partial charge in [0.25, 0.3) is 0 Å². The highest BCUT2D eigenvalue weighted by Gasteiger charge is 2.31. The molecule has 1 fully saturated rings. The molecule has 0 atom stereocenters. The van der Waals surface area contributed by atoms with E-state index in [2.05, 4.69) is 36.0 Å². The Balaban J connectivity index is 1.34. The van der Waals surface area contributed by atoms with Gasteiger partial charge in [0.2, 0.25) is 11.8 Å². The first-order valence-electron chi connectivity index (χ1n) is 8.98. The van der Waals surface area contributed by atoms with E-state index in [1.165, 1.54) is 6.07 Å². The third-order valence-corrected chi connectivity index (χ3v) is 5.39. The third-order valence-electron chi connectivity index (χ3n) is 4.70. The number of nitrogens with zero attached hydrogens (tertiary/aromatic N) is 5. The van der Waals surface area contributed by atoms with Crippen LogP contribution in [0.5, 0.6) is 0 Å². The molecule has 4 rings (SSSR count). The molecule has 0 bridgehead atoms. The summed E-state index contributed by atoms with van der Waals surface area (Å²) in [6.07, 6.45) is -3.49. The number of piperazine rings is 1. The molecule has 6 nitrogen and oxygen atoms in total. The zero-order valence-corrected chi connectivity index (χ0v) is 16.8. The molecular formula is C19H17BrF3N5O. The number of anilines is 1. The van der Waals surface area contributed by atoms with Gasteiger partial charge < -0.3 is 9.32 Å². The summed E-state index contributed by atoms with van der Waals surface area (Å²) in [4.78, 5) is 8.10. The molecule has 0 unspecified atom stereocenters. The minimum Gasteiger partial charge on any atom is -0.419 e. The second-order valence-electron chi connectivity index (χ2n) is 6.65. The van der Waals surface area contributed by atoms with E-state index in [9.17, 15) is 13.2 Å². The van der Waals surface area contributed by atoms with Crippen LogP contribution in [0.15, 0.2) is 51.5 Å². The molecule has 1 aliphatic rings. The van der Waals surface area contributed by atoms with Gasteiger partial charge in [-0.05, 0) is 40.2 Å². The van der Waals surface area contributed by atoms with Crippen LogP contribution < -0.4 is 4.90 Å². The van der Waals surface area contributed by atoms with E-state index >= 15 is 0 Å². The second-order valence-corrected chi connectivity index (χ2v) is 7.50. The van der Waals surface area contributed by atoms with Crippen LogP contribution in [0.25, 0.3) is 11.5 Å². The minimum atomic E-state index is -4.37. The summed E-state index contributed by atoms with van der Waals surface area (Å²) < 4.78 is 44.7. The molecule has 3 aromatic rings. The van der Waals surface area contributed by atoms with Crippen LogP contribution in [-0.4, -0.2) is 46.3 Å². The number of aromatic nitrogens is 3. The third kappa shape index (κ3) is 4.59. The van der Waals surface area contributed by atoms with Crippen molar-refractivity contribution in [3.63, 3.8) is 0 Å². The monoisotopic (exact) mass is 467 g/mol. The lowest BCUT2D eigenvalue weighted by Gasteiger charge is -2.34. The predicted octanol–water partition coefficient (Wildman–Crippen LogP) is 4.24. The van der Waals surface area contributed by atoms with E-state index in [1.807, 2.05) is 29.2 Å². The molecule has 0 N–H and O–H groups in total. The number of hydrogen-bond donors (Lipinski definition) is 0. The van der Waals surface area contributed by atoms with Gasteiger partial charge >= 0.3 is 6.18 Å². The normalized spacial score (nSPS) is 15.7. The Morgan fingerprint density at radius 3 is 2.41 bits per heavy atom. The molecular weight excluding hydrogens is 451 g/mol. The Kier molecular flexibility index (Phi) is 5.55. The van der Waals surface area contributed by atoms with Gasteiger partial charge in [-0.1, -0.05) is 12.1 Å². The average molecular weight is 468 g/mol. The van der Waals surface area contributed by atoms with E-state index in [0.29, 0.717) is 37.2 Å². The van der Waals surface area contributed by atoms with Crippen molar-refractivity contribution in [2.75, 3.05) is 31.1 Å². The first-order chi connectivity index (χ1) is 13.9. The Labute approximate surface area is 173 Å². The van der Waals surface area contributed by atoms with Crippen molar-refractivity contribution >= 4 is 21.7 Å². The van der Waals surface area contributed by atoms with E-state index in [1.54, 1.807) is 0 Å². The zero-order valence-electron chi connectivity index (χ0n) is 15.2. The summed E-state index contributed by atoms with van der Waals surface area (Å²) in [6.45, 7) is 3.27. The molecule has 152 valence electrons. The second kappa shape index (κ2) is 8.11. The standard InChI is InChI=1S/C19H17BrF3N5O/c20-15-4-2-1-3-14(15)18-26-25-17(29-18)12-27-7-9-28(10-8-27)16-6-5-13(11-24-16)19(21,22)23/h1-6,11H,7-10,12H2. The van der Waals surface area contributed by atoms with E-state index in [0.717, 1.165) is 35.4 Å². The number of rotatable bonds is 4. The van der Waals surface area contributed by atoms with Crippen molar-refractivity contribution in [1.29, 1.82) is 0 Å². The van der Waals surface area contributed by atoms with Gasteiger partial charge in [-0.25, -0.2) is 4.98 Å². The van der Waals surface area contributed by atoms with Crippen molar-refractivity contribution in [3.05, 3.63) is 58.5 Å². The molecule has 10 heteroatoms. The van der Waals surface area contributed by atoms with Crippen molar-refractivity contribution in [2.45, 2.75) is 12.7 Å². The fraction of sp³-hybridized carbons (Fsp3) is 0.316. The van der Waals surface area contributed by atoms with Crippen LogP contribution in [-0.2, 0) is 12.7 Å². The van der Waals surface area contributed by atoms with Crippen LogP contribution in [0.1, 0.15) is 11.5 Å². The molecule has 1 aromatic carbocycles. The van der Waals surface area contributed by atoms with Crippen LogP contribution >= 0.6 is 15.9 Å². The summed E-state index contributed by atoms with van der Waals surface area (Å²) in [5, 5.41) is 8.24. The number of benzene rings is 1. The summed E-state index contributed by atoms with van der Waals surface area (Å²) in [5.74, 6) is 1.53. The van der Waals surface area contributed by atoms with E-state index in [4.69, 9.17) is 4.42 Å². The maximum atomic E-state index is 12.7. The average Bonchev–Trinajstić information content (AvgIpc) is 3.16.